The number of rotatable bonds is 2. The van der Waals surface area contributed by atoms with Crippen LogP contribution in [0.1, 0.15) is 51.9 Å². The van der Waals surface area contributed by atoms with E-state index in [-0.39, 0.29) is 11.8 Å². The second-order valence-corrected chi connectivity index (χ2v) is 6.38. The number of likely N-dealkylation sites (tertiary alicyclic amines) is 1. The molecule has 0 aromatic rings. The van der Waals surface area contributed by atoms with Crippen LogP contribution in [0.2, 0.25) is 0 Å². The second kappa shape index (κ2) is 5.68. The molecule has 3 fully saturated rings. The smallest absolute Gasteiger partial charge is 0.170 e. The Labute approximate surface area is 116 Å². The predicted octanol–water partition coefficient (Wildman–Crippen LogP) is 1.87. The first-order valence-corrected chi connectivity index (χ1v) is 8.03. The first-order chi connectivity index (χ1) is 9.24. The van der Waals surface area contributed by atoms with Crippen LogP contribution in [0.5, 0.6) is 0 Å². The summed E-state index contributed by atoms with van der Waals surface area (Å²) in [4.78, 5) is 2.67. The van der Waals surface area contributed by atoms with Crippen LogP contribution in [0.3, 0.4) is 0 Å². The van der Waals surface area contributed by atoms with E-state index in [4.69, 9.17) is 15.2 Å². The largest absolute Gasteiger partial charge is 0.347 e. The maximum atomic E-state index is 6.42. The minimum atomic E-state index is -0.309. The Morgan fingerprint density at radius 2 is 2.00 bits per heavy atom. The molecule has 3 rings (SSSR count). The highest BCUT2D eigenvalue weighted by molar-refractivity contribution is 4.97. The highest BCUT2D eigenvalue weighted by Gasteiger charge is 2.47. The van der Waals surface area contributed by atoms with Crippen molar-refractivity contribution in [2.24, 2.45) is 5.73 Å². The molecule has 2 N–H and O–H groups in total. The molecule has 110 valence electrons. The number of hydrogen-bond donors (Lipinski definition) is 1. The van der Waals surface area contributed by atoms with Gasteiger partial charge in [-0.2, -0.15) is 0 Å². The molecule has 3 aliphatic rings. The molecule has 4 heteroatoms. The highest BCUT2D eigenvalue weighted by Crippen LogP contribution is 2.39. The molecule has 3 unspecified atom stereocenters. The second-order valence-electron chi connectivity index (χ2n) is 6.38. The molecule has 2 aliphatic heterocycles. The lowest BCUT2D eigenvalue weighted by Gasteiger charge is -2.48. The van der Waals surface area contributed by atoms with Gasteiger partial charge in [-0.15, -0.1) is 0 Å². The molecular weight excluding hydrogens is 240 g/mol. The zero-order valence-corrected chi connectivity index (χ0v) is 12.1. The minimum absolute atomic E-state index is 0.283. The van der Waals surface area contributed by atoms with E-state index in [1.165, 1.54) is 32.2 Å². The van der Waals surface area contributed by atoms with Crippen LogP contribution in [0, 0.1) is 0 Å². The summed E-state index contributed by atoms with van der Waals surface area (Å²) in [5, 5.41) is 0. The summed E-state index contributed by atoms with van der Waals surface area (Å²) in [6.07, 6.45) is 8.20. The van der Waals surface area contributed by atoms with E-state index in [2.05, 4.69) is 11.8 Å². The summed E-state index contributed by atoms with van der Waals surface area (Å²) in [7, 11) is 0. The third kappa shape index (κ3) is 2.68. The van der Waals surface area contributed by atoms with Crippen molar-refractivity contribution in [3.8, 4) is 0 Å². The van der Waals surface area contributed by atoms with Gasteiger partial charge in [0.25, 0.3) is 0 Å². The molecule has 0 aromatic carbocycles. The van der Waals surface area contributed by atoms with Gasteiger partial charge in [0.2, 0.25) is 0 Å². The van der Waals surface area contributed by atoms with Crippen molar-refractivity contribution in [1.29, 1.82) is 0 Å². The normalized spacial score (nSPS) is 39.8. The summed E-state index contributed by atoms with van der Waals surface area (Å²) in [5.41, 5.74) is 6.42. The minimum Gasteiger partial charge on any atom is -0.347 e. The molecule has 2 heterocycles. The Morgan fingerprint density at radius 1 is 1.21 bits per heavy atom. The highest BCUT2D eigenvalue weighted by atomic mass is 16.7. The van der Waals surface area contributed by atoms with Crippen molar-refractivity contribution in [3.05, 3.63) is 0 Å². The van der Waals surface area contributed by atoms with Crippen LogP contribution < -0.4 is 5.73 Å². The van der Waals surface area contributed by atoms with Crippen molar-refractivity contribution < 1.29 is 9.47 Å². The van der Waals surface area contributed by atoms with Crippen molar-refractivity contribution in [2.45, 2.75) is 75.8 Å². The molecule has 0 bridgehead atoms. The SMILES string of the molecule is CCC1CCCCN1C1CC2(CCC1N)OCCO2. The van der Waals surface area contributed by atoms with Gasteiger partial charge in [0, 0.05) is 31.0 Å². The summed E-state index contributed by atoms with van der Waals surface area (Å²) in [6.45, 7) is 5.00. The summed E-state index contributed by atoms with van der Waals surface area (Å²) >= 11 is 0. The van der Waals surface area contributed by atoms with Crippen LogP contribution in [0.15, 0.2) is 0 Å². The fraction of sp³-hybridized carbons (Fsp3) is 1.00. The topological polar surface area (TPSA) is 47.7 Å². The number of nitrogens with two attached hydrogens (primary N) is 1. The monoisotopic (exact) mass is 268 g/mol. The maximum Gasteiger partial charge on any atom is 0.170 e. The molecule has 1 spiro atoms. The molecule has 0 amide bonds. The first-order valence-electron chi connectivity index (χ1n) is 8.03. The molecule has 4 nitrogen and oxygen atoms in total. The van der Waals surface area contributed by atoms with Gasteiger partial charge in [-0.1, -0.05) is 13.3 Å². The van der Waals surface area contributed by atoms with Gasteiger partial charge in [-0.3, -0.25) is 4.90 Å². The van der Waals surface area contributed by atoms with E-state index in [0.717, 1.165) is 32.5 Å². The van der Waals surface area contributed by atoms with E-state index in [9.17, 15) is 0 Å². The fourth-order valence-corrected chi connectivity index (χ4v) is 4.17. The van der Waals surface area contributed by atoms with Gasteiger partial charge in [-0.05, 0) is 32.2 Å². The first kappa shape index (κ1) is 13.8. The summed E-state index contributed by atoms with van der Waals surface area (Å²) < 4.78 is 11.8. The van der Waals surface area contributed by atoms with Crippen LogP contribution >= 0.6 is 0 Å². The van der Waals surface area contributed by atoms with Gasteiger partial charge < -0.3 is 15.2 Å². The summed E-state index contributed by atoms with van der Waals surface area (Å²) in [6, 6.07) is 1.43. The average molecular weight is 268 g/mol. The summed E-state index contributed by atoms with van der Waals surface area (Å²) in [5.74, 6) is -0.309. The van der Waals surface area contributed by atoms with Gasteiger partial charge in [0.15, 0.2) is 5.79 Å². The molecule has 2 saturated heterocycles. The fourth-order valence-electron chi connectivity index (χ4n) is 4.17. The number of piperidine rings is 1. The number of hydrogen-bond acceptors (Lipinski definition) is 4. The molecule has 3 atom stereocenters. The van der Waals surface area contributed by atoms with Crippen molar-refractivity contribution in [1.82, 2.24) is 4.90 Å². The Hall–Kier alpha value is -0.160. The lowest BCUT2D eigenvalue weighted by molar-refractivity contribution is -0.194. The molecule has 0 aromatic heterocycles. The standard InChI is InChI=1S/C15H28N2O2/c1-2-12-5-3-4-8-17(12)14-11-15(7-6-13(14)16)18-9-10-19-15/h12-14H,2-11,16H2,1H3. The van der Waals surface area contributed by atoms with Gasteiger partial charge >= 0.3 is 0 Å². The van der Waals surface area contributed by atoms with Crippen LogP contribution in [-0.4, -0.2) is 48.6 Å². The number of nitrogens with zero attached hydrogens (tertiary/aromatic N) is 1. The number of ether oxygens (including phenoxy) is 2. The lowest BCUT2D eigenvalue weighted by atomic mass is 9.83. The van der Waals surface area contributed by atoms with Crippen LogP contribution in [0.25, 0.3) is 0 Å². The third-order valence-electron chi connectivity index (χ3n) is 5.26. The Balaban J connectivity index is 1.73. The zero-order valence-electron chi connectivity index (χ0n) is 12.1. The van der Waals surface area contributed by atoms with Crippen molar-refractivity contribution >= 4 is 0 Å². The van der Waals surface area contributed by atoms with Gasteiger partial charge in [-0.25, -0.2) is 0 Å². The molecule has 0 radical (unpaired) electrons. The van der Waals surface area contributed by atoms with E-state index >= 15 is 0 Å². The van der Waals surface area contributed by atoms with Crippen molar-refractivity contribution in [3.63, 3.8) is 0 Å². The molecule has 19 heavy (non-hydrogen) atoms. The molecule has 1 saturated carbocycles. The average Bonchev–Trinajstić information content (AvgIpc) is 2.90. The van der Waals surface area contributed by atoms with E-state index in [1.807, 2.05) is 0 Å². The predicted molar refractivity (Wildman–Crippen MR) is 74.9 cm³/mol. The zero-order chi connectivity index (χ0) is 13.3. The van der Waals surface area contributed by atoms with Crippen LogP contribution in [-0.2, 0) is 9.47 Å². The Kier molecular flexibility index (Phi) is 4.13. The Morgan fingerprint density at radius 3 is 2.74 bits per heavy atom. The Bertz CT molecular complexity index is 305. The van der Waals surface area contributed by atoms with E-state index < -0.39 is 0 Å². The molecular formula is C15H28N2O2. The molecule has 1 aliphatic carbocycles. The maximum absolute atomic E-state index is 6.42. The van der Waals surface area contributed by atoms with Crippen LogP contribution in [0.4, 0.5) is 0 Å². The van der Waals surface area contributed by atoms with Gasteiger partial charge in [0.1, 0.15) is 0 Å². The van der Waals surface area contributed by atoms with E-state index in [1.54, 1.807) is 0 Å². The third-order valence-corrected chi connectivity index (χ3v) is 5.26. The lowest BCUT2D eigenvalue weighted by Crippen LogP contribution is -2.59. The van der Waals surface area contributed by atoms with E-state index in [0.29, 0.717) is 12.1 Å². The van der Waals surface area contributed by atoms with Crippen molar-refractivity contribution in [2.75, 3.05) is 19.8 Å². The quantitative estimate of drug-likeness (QED) is 0.830. The van der Waals surface area contributed by atoms with Gasteiger partial charge in [0.05, 0.1) is 13.2 Å².